The summed E-state index contributed by atoms with van der Waals surface area (Å²) in [5.74, 6) is 0. The van der Waals surface area contributed by atoms with Gasteiger partial charge in [0.1, 0.15) is 0 Å². The summed E-state index contributed by atoms with van der Waals surface area (Å²) >= 11 is 9.52. The Labute approximate surface area is 122 Å². The van der Waals surface area contributed by atoms with E-state index in [9.17, 15) is 4.79 Å². The molecule has 1 rings (SSSR count). The fourth-order valence-corrected chi connectivity index (χ4v) is 3.33. The van der Waals surface area contributed by atoms with E-state index >= 15 is 0 Å². The fourth-order valence-electron chi connectivity index (χ4n) is 2.42. The molecular weight excluding hydrogens is 316 g/mol. The van der Waals surface area contributed by atoms with E-state index in [1.807, 2.05) is 0 Å². The van der Waals surface area contributed by atoms with Gasteiger partial charge in [0.2, 0.25) is 0 Å². The minimum absolute atomic E-state index is 0.111. The normalized spacial score (nSPS) is 11.8. The Kier molecular flexibility index (Phi) is 6.36. The highest BCUT2D eigenvalue weighted by Gasteiger charge is 2.28. The van der Waals surface area contributed by atoms with E-state index in [0.29, 0.717) is 11.6 Å². The zero-order chi connectivity index (χ0) is 13.6. The number of hydrogen-bond acceptors (Lipinski definition) is 2. The lowest BCUT2D eigenvalue weighted by Gasteiger charge is -2.32. The van der Waals surface area contributed by atoms with E-state index in [1.165, 1.54) is 6.20 Å². The number of rotatable bonds is 7. The second-order valence-corrected chi connectivity index (χ2v) is 5.81. The van der Waals surface area contributed by atoms with Gasteiger partial charge in [-0.05, 0) is 18.3 Å². The number of alkyl halides is 1. The van der Waals surface area contributed by atoms with Crippen molar-refractivity contribution in [3.63, 3.8) is 0 Å². The van der Waals surface area contributed by atoms with Gasteiger partial charge in [0, 0.05) is 18.1 Å². The van der Waals surface area contributed by atoms with Crippen LogP contribution in [0.2, 0.25) is 5.02 Å². The Balaban J connectivity index is 3.01. The molecule has 0 saturated heterocycles. The molecule has 0 aliphatic heterocycles. The molecule has 0 spiro atoms. The quantitative estimate of drug-likeness (QED) is 0.709. The molecule has 0 atom stereocenters. The van der Waals surface area contributed by atoms with Crippen LogP contribution < -0.4 is 5.69 Å². The number of hydrogen-bond donors (Lipinski definition) is 0. The maximum atomic E-state index is 11.8. The molecule has 0 unspecified atom stereocenters. The highest BCUT2D eigenvalue weighted by Crippen LogP contribution is 2.33. The molecule has 0 aliphatic carbocycles. The zero-order valence-electron chi connectivity index (χ0n) is 11.0. The Morgan fingerprint density at radius 1 is 1.39 bits per heavy atom. The van der Waals surface area contributed by atoms with Crippen molar-refractivity contribution >= 4 is 27.5 Å². The summed E-state index contributed by atoms with van der Waals surface area (Å²) in [5, 5.41) is 1.40. The molecule has 0 amide bonds. The molecule has 0 bridgehead atoms. The van der Waals surface area contributed by atoms with Gasteiger partial charge in [0.25, 0.3) is 0 Å². The van der Waals surface area contributed by atoms with E-state index < -0.39 is 0 Å². The topological polar surface area (TPSA) is 34.9 Å². The first-order valence-corrected chi connectivity index (χ1v) is 7.85. The van der Waals surface area contributed by atoms with Crippen molar-refractivity contribution in [2.75, 3.05) is 5.33 Å². The molecule has 3 nitrogen and oxygen atoms in total. The van der Waals surface area contributed by atoms with Gasteiger partial charge in [-0.1, -0.05) is 54.2 Å². The van der Waals surface area contributed by atoms with Gasteiger partial charge in [-0.3, -0.25) is 4.57 Å². The summed E-state index contributed by atoms with van der Waals surface area (Å²) in [7, 11) is 0. The van der Waals surface area contributed by atoms with Crippen molar-refractivity contribution in [2.45, 2.75) is 46.1 Å². The van der Waals surface area contributed by atoms with Crippen molar-refractivity contribution < 1.29 is 0 Å². The summed E-state index contributed by atoms with van der Waals surface area (Å²) < 4.78 is 1.63. The smallest absolute Gasteiger partial charge is 0.297 e. The Hall–Kier alpha value is -0.350. The summed E-state index contributed by atoms with van der Waals surface area (Å²) in [6, 6.07) is 0. The first-order valence-electron chi connectivity index (χ1n) is 6.35. The standard InChI is InChI=1S/C13H20BrClN2O/c1-3-5-13(9-14,6-4-2)10-17-8-11(15)7-16-12(17)18/h7-8H,3-6,9-10H2,1-2H3. The van der Waals surface area contributed by atoms with Gasteiger partial charge in [-0.2, -0.15) is 0 Å². The maximum absolute atomic E-state index is 11.8. The highest BCUT2D eigenvalue weighted by molar-refractivity contribution is 9.09. The predicted molar refractivity (Wildman–Crippen MR) is 79.6 cm³/mol. The predicted octanol–water partition coefficient (Wildman–Crippen LogP) is 3.88. The van der Waals surface area contributed by atoms with Crippen molar-refractivity contribution in [1.29, 1.82) is 0 Å². The van der Waals surface area contributed by atoms with Crippen LogP contribution in [0.3, 0.4) is 0 Å². The van der Waals surface area contributed by atoms with Crippen LogP contribution in [0.15, 0.2) is 17.2 Å². The third-order valence-corrected chi connectivity index (χ3v) is 4.56. The molecule has 0 radical (unpaired) electrons. The van der Waals surface area contributed by atoms with E-state index in [2.05, 4.69) is 34.8 Å². The largest absolute Gasteiger partial charge is 0.347 e. The van der Waals surface area contributed by atoms with Gasteiger partial charge >= 0.3 is 5.69 Å². The third kappa shape index (κ3) is 4.09. The highest BCUT2D eigenvalue weighted by atomic mass is 79.9. The van der Waals surface area contributed by atoms with Gasteiger partial charge in [-0.15, -0.1) is 0 Å². The molecule has 18 heavy (non-hydrogen) atoms. The third-order valence-electron chi connectivity index (χ3n) is 3.17. The van der Waals surface area contributed by atoms with Crippen molar-refractivity contribution in [3.8, 4) is 0 Å². The van der Waals surface area contributed by atoms with E-state index in [-0.39, 0.29) is 11.1 Å². The van der Waals surface area contributed by atoms with Gasteiger partial charge < -0.3 is 0 Å². The van der Waals surface area contributed by atoms with Crippen LogP contribution in [-0.2, 0) is 6.54 Å². The lowest BCUT2D eigenvalue weighted by Crippen LogP contribution is -2.34. The van der Waals surface area contributed by atoms with Crippen LogP contribution in [0.1, 0.15) is 39.5 Å². The lowest BCUT2D eigenvalue weighted by molar-refractivity contribution is 0.229. The molecule has 0 saturated carbocycles. The first kappa shape index (κ1) is 15.7. The monoisotopic (exact) mass is 334 g/mol. The van der Waals surface area contributed by atoms with Crippen LogP contribution >= 0.6 is 27.5 Å². The average Bonchev–Trinajstić information content (AvgIpc) is 2.34. The Morgan fingerprint density at radius 2 is 2.00 bits per heavy atom. The molecule has 1 aromatic rings. The van der Waals surface area contributed by atoms with Gasteiger partial charge in [0.15, 0.2) is 0 Å². The molecule has 0 N–H and O–H groups in total. The van der Waals surface area contributed by atoms with E-state index in [4.69, 9.17) is 11.6 Å². The van der Waals surface area contributed by atoms with Crippen molar-refractivity contribution in [3.05, 3.63) is 27.9 Å². The fraction of sp³-hybridized carbons (Fsp3) is 0.692. The van der Waals surface area contributed by atoms with Crippen molar-refractivity contribution in [1.82, 2.24) is 9.55 Å². The minimum atomic E-state index is -0.225. The van der Waals surface area contributed by atoms with Gasteiger partial charge in [-0.25, -0.2) is 9.78 Å². The Morgan fingerprint density at radius 3 is 2.50 bits per heavy atom. The average molecular weight is 336 g/mol. The van der Waals surface area contributed by atoms with Crippen LogP contribution in [0, 0.1) is 5.41 Å². The second kappa shape index (κ2) is 7.29. The van der Waals surface area contributed by atoms with Crippen LogP contribution in [0.25, 0.3) is 0 Å². The number of halogens is 2. The first-order chi connectivity index (χ1) is 8.56. The molecule has 0 aromatic carbocycles. The molecule has 0 aliphatic rings. The molecule has 1 heterocycles. The summed E-state index contributed by atoms with van der Waals surface area (Å²) in [5.41, 5.74) is -0.114. The van der Waals surface area contributed by atoms with E-state index in [1.54, 1.807) is 10.8 Å². The molecule has 0 fully saturated rings. The minimum Gasteiger partial charge on any atom is -0.297 e. The lowest BCUT2D eigenvalue weighted by atomic mass is 9.81. The van der Waals surface area contributed by atoms with Crippen LogP contribution in [0.4, 0.5) is 0 Å². The summed E-state index contributed by atoms with van der Waals surface area (Å²) in [4.78, 5) is 15.5. The molecule has 5 heteroatoms. The summed E-state index contributed by atoms with van der Waals surface area (Å²) in [6.07, 6.45) is 7.47. The van der Waals surface area contributed by atoms with E-state index in [0.717, 1.165) is 31.0 Å². The van der Waals surface area contributed by atoms with Crippen LogP contribution in [-0.4, -0.2) is 14.9 Å². The maximum Gasteiger partial charge on any atom is 0.347 e. The molecule has 1 aromatic heterocycles. The van der Waals surface area contributed by atoms with Gasteiger partial charge in [0.05, 0.1) is 11.2 Å². The Bertz CT molecular complexity index is 427. The van der Waals surface area contributed by atoms with Crippen molar-refractivity contribution in [2.24, 2.45) is 5.41 Å². The number of aromatic nitrogens is 2. The zero-order valence-corrected chi connectivity index (χ0v) is 13.3. The molecule has 102 valence electrons. The van der Waals surface area contributed by atoms with Crippen LogP contribution in [0.5, 0.6) is 0 Å². The molecular formula is C13H20BrClN2O. The number of nitrogens with zero attached hydrogens (tertiary/aromatic N) is 2. The SMILES string of the molecule is CCCC(CBr)(CCC)Cn1cc(Cl)cnc1=O. The summed E-state index contributed by atoms with van der Waals surface area (Å²) in [6.45, 7) is 5.02. The second-order valence-electron chi connectivity index (χ2n) is 4.82.